The lowest BCUT2D eigenvalue weighted by Gasteiger charge is -2.18. The monoisotopic (exact) mass is 249 g/mol. The van der Waals surface area contributed by atoms with Gasteiger partial charge < -0.3 is 5.11 Å². The molecule has 0 aliphatic heterocycles. The molecule has 0 aliphatic carbocycles. The van der Waals surface area contributed by atoms with E-state index in [9.17, 15) is 8.42 Å². The van der Waals surface area contributed by atoms with Gasteiger partial charge in [-0.05, 0) is 24.3 Å². The van der Waals surface area contributed by atoms with Gasteiger partial charge in [-0.3, -0.25) is 0 Å². The van der Waals surface area contributed by atoms with Crippen molar-refractivity contribution in [1.29, 1.82) is 0 Å². The molecule has 1 heterocycles. The molecule has 0 radical (unpaired) electrons. The molecule has 0 saturated heterocycles. The summed E-state index contributed by atoms with van der Waals surface area (Å²) < 4.78 is 26.3. The second-order valence-corrected chi connectivity index (χ2v) is 6.39. The van der Waals surface area contributed by atoms with Gasteiger partial charge in [0.25, 0.3) is 0 Å². The quantitative estimate of drug-likeness (QED) is 0.819. The van der Waals surface area contributed by atoms with E-state index in [0.717, 1.165) is 0 Å². The van der Waals surface area contributed by atoms with Gasteiger partial charge in [0.05, 0.1) is 0 Å². The summed E-state index contributed by atoms with van der Waals surface area (Å²) in [5, 5.41) is 10.6. The normalized spacial score (nSPS) is 16.2. The lowest BCUT2D eigenvalue weighted by Crippen LogP contribution is -2.37. The summed E-state index contributed by atoms with van der Waals surface area (Å²) in [4.78, 5) is 0. The van der Waals surface area contributed by atoms with Gasteiger partial charge in [0, 0.05) is 12.6 Å². The van der Waals surface area contributed by atoms with Gasteiger partial charge in [-0.2, -0.15) is 0 Å². The van der Waals surface area contributed by atoms with E-state index in [1.807, 2.05) is 0 Å². The lowest BCUT2D eigenvalue weighted by atomic mass is 10.1. The van der Waals surface area contributed by atoms with Crippen molar-refractivity contribution < 1.29 is 13.5 Å². The molecule has 0 fully saturated rings. The van der Waals surface area contributed by atoms with Crippen molar-refractivity contribution in [3.63, 3.8) is 0 Å². The van der Waals surface area contributed by atoms with Crippen LogP contribution in [-0.2, 0) is 10.0 Å². The third-order valence-electron chi connectivity index (χ3n) is 2.24. The molecule has 4 nitrogen and oxygen atoms in total. The number of thiophene rings is 1. The molecule has 1 rings (SSSR count). The fourth-order valence-corrected chi connectivity index (χ4v) is 3.36. The van der Waals surface area contributed by atoms with Crippen LogP contribution in [0.3, 0.4) is 0 Å². The maximum absolute atomic E-state index is 11.7. The van der Waals surface area contributed by atoms with Gasteiger partial charge in [0.2, 0.25) is 10.0 Å². The molecule has 15 heavy (non-hydrogen) atoms. The second-order valence-electron chi connectivity index (χ2n) is 3.50. The second kappa shape index (κ2) is 5.07. The van der Waals surface area contributed by atoms with Crippen LogP contribution in [-0.4, -0.2) is 26.2 Å². The van der Waals surface area contributed by atoms with Crippen LogP contribution in [0.2, 0.25) is 0 Å². The number of aliphatic hydroxyl groups is 1. The molecule has 6 heteroatoms. The average molecular weight is 249 g/mol. The number of sulfonamides is 1. The summed E-state index contributed by atoms with van der Waals surface area (Å²) in [6, 6.07) is 2.98. The minimum Gasteiger partial charge on any atom is -0.396 e. The van der Waals surface area contributed by atoms with Crippen LogP contribution in [0.4, 0.5) is 0 Å². The number of rotatable bonds is 5. The molecule has 2 unspecified atom stereocenters. The molecule has 1 aromatic rings. The van der Waals surface area contributed by atoms with Crippen molar-refractivity contribution >= 4 is 21.4 Å². The number of hydrogen-bond donors (Lipinski definition) is 2. The Balaban J connectivity index is 2.74. The first-order valence-corrected chi connectivity index (χ1v) is 7.00. The molecule has 2 atom stereocenters. The molecule has 1 aromatic heterocycles. The Kier molecular flexibility index (Phi) is 4.27. The van der Waals surface area contributed by atoms with Gasteiger partial charge >= 0.3 is 0 Å². The summed E-state index contributed by atoms with van der Waals surface area (Å²) in [5.74, 6) is -0.0975. The molecule has 2 N–H and O–H groups in total. The van der Waals surface area contributed by atoms with Crippen LogP contribution < -0.4 is 4.72 Å². The van der Waals surface area contributed by atoms with Gasteiger partial charge in [-0.25, -0.2) is 13.1 Å². The number of aliphatic hydroxyl groups excluding tert-OH is 1. The third kappa shape index (κ3) is 3.27. The summed E-state index contributed by atoms with van der Waals surface area (Å²) in [7, 11) is -3.41. The Labute approximate surface area is 94.0 Å². The van der Waals surface area contributed by atoms with E-state index in [1.165, 1.54) is 11.3 Å². The van der Waals surface area contributed by atoms with E-state index in [4.69, 9.17) is 5.11 Å². The van der Waals surface area contributed by atoms with Crippen LogP contribution in [0.1, 0.15) is 13.8 Å². The molecule has 0 spiro atoms. The SMILES string of the molecule is CC(CO)C(C)NS(=O)(=O)c1cccs1. The summed E-state index contributed by atoms with van der Waals surface area (Å²) >= 11 is 1.18. The first-order chi connectivity index (χ1) is 6.97. The van der Waals surface area contributed by atoms with E-state index in [2.05, 4.69) is 4.72 Å². The topological polar surface area (TPSA) is 66.4 Å². The fraction of sp³-hybridized carbons (Fsp3) is 0.556. The third-order valence-corrected chi connectivity index (χ3v) is 5.20. The minimum absolute atomic E-state index is 0.0336. The molecular weight excluding hydrogens is 234 g/mol. The number of nitrogens with one attached hydrogen (secondary N) is 1. The Morgan fingerprint density at radius 3 is 2.67 bits per heavy atom. The maximum atomic E-state index is 11.7. The van der Waals surface area contributed by atoms with Gasteiger partial charge in [0.15, 0.2) is 0 Å². The fourth-order valence-electron chi connectivity index (χ4n) is 0.993. The highest BCUT2D eigenvalue weighted by Gasteiger charge is 2.21. The standard InChI is InChI=1S/C9H15NO3S2/c1-7(6-11)8(2)10-15(12,13)9-4-3-5-14-9/h3-5,7-8,10-11H,6H2,1-2H3. The van der Waals surface area contributed by atoms with E-state index >= 15 is 0 Å². The highest BCUT2D eigenvalue weighted by Crippen LogP contribution is 2.16. The Bertz CT molecular complexity index is 385. The van der Waals surface area contributed by atoms with Crippen molar-refractivity contribution in [2.24, 2.45) is 5.92 Å². The largest absolute Gasteiger partial charge is 0.396 e. The van der Waals surface area contributed by atoms with E-state index < -0.39 is 10.0 Å². The van der Waals surface area contributed by atoms with E-state index in [0.29, 0.717) is 4.21 Å². The molecule has 0 amide bonds. The molecule has 0 saturated carbocycles. The van der Waals surface area contributed by atoms with Crippen molar-refractivity contribution in [2.75, 3.05) is 6.61 Å². The van der Waals surface area contributed by atoms with Crippen molar-refractivity contribution in [1.82, 2.24) is 4.72 Å². The van der Waals surface area contributed by atoms with E-state index in [1.54, 1.807) is 31.4 Å². The molecular formula is C9H15NO3S2. The predicted molar refractivity (Wildman–Crippen MR) is 60.4 cm³/mol. The Morgan fingerprint density at radius 1 is 1.53 bits per heavy atom. The van der Waals surface area contributed by atoms with Crippen LogP contribution in [0, 0.1) is 5.92 Å². The Morgan fingerprint density at radius 2 is 2.20 bits per heavy atom. The molecule has 0 aromatic carbocycles. The summed E-state index contributed by atoms with van der Waals surface area (Å²) in [6.07, 6.45) is 0. The predicted octanol–water partition coefficient (Wildman–Crippen LogP) is 1.04. The highest BCUT2D eigenvalue weighted by atomic mass is 32.2. The molecule has 86 valence electrons. The minimum atomic E-state index is -3.41. The zero-order valence-electron chi connectivity index (χ0n) is 8.67. The van der Waals surface area contributed by atoms with E-state index in [-0.39, 0.29) is 18.6 Å². The molecule has 0 bridgehead atoms. The zero-order chi connectivity index (χ0) is 11.5. The highest BCUT2D eigenvalue weighted by molar-refractivity contribution is 7.91. The number of hydrogen-bond acceptors (Lipinski definition) is 4. The van der Waals surface area contributed by atoms with Crippen LogP contribution in [0.15, 0.2) is 21.7 Å². The first-order valence-electron chi connectivity index (χ1n) is 4.64. The van der Waals surface area contributed by atoms with Crippen LogP contribution in [0.5, 0.6) is 0 Å². The van der Waals surface area contributed by atoms with Gasteiger partial charge in [-0.1, -0.05) is 13.0 Å². The van der Waals surface area contributed by atoms with Crippen LogP contribution in [0.25, 0.3) is 0 Å². The molecule has 0 aliphatic rings. The maximum Gasteiger partial charge on any atom is 0.250 e. The summed E-state index contributed by atoms with van der Waals surface area (Å²) in [5.41, 5.74) is 0. The van der Waals surface area contributed by atoms with Crippen molar-refractivity contribution in [3.8, 4) is 0 Å². The van der Waals surface area contributed by atoms with Crippen molar-refractivity contribution in [2.45, 2.75) is 24.1 Å². The lowest BCUT2D eigenvalue weighted by molar-refractivity contribution is 0.216. The van der Waals surface area contributed by atoms with Gasteiger partial charge in [0.1, 0.15) is 4.21 Å². The Hall–Kier alpha value is -0.430. The van der Waals surface area contributed by atoms with Gasteiger partial charge in [-0.15, -0.1) is 11.3 Å². The van der Waals surface area contributed by atoms with Crippen LogP contribution >= 0.6 is 11.3 Å². The zero-order valence-corrected chi connectivity index (χ0v) is 10.3. The summed E-state index contributed by atoms with van der Waals surface area (Å²) in [6.45, 7) is 3.50. The first kappa shape index (κ1) is 12.6. The van der Waals surface area contributed by atoms with Crippen molar-refractivity contribution in [3.05, 3.63) is 17.5 Å². The smallest absolute Gasteiger partial charge is 0.250 e. The average Bonchev–Trinajstić information content (AvgIpc) is 2.69.